The summed E-state index contributed by atoms with van der Waals surface area (Å²) in [5.74, 6) is 0.662. The number of carbonyl (C=O) groups excluding carboxylic acids is 1. The molecule has 2 aromatic carbocycles. The molecule has 0 saturated heterocycles. The fraction of sp³-hybridized carbons (Fsp3) is 0.409. The molecule has 1 fully saturated rings. The van der Waals surface area contributed by atoms with E-state index in [-0.39, 0.29) is 17.8 Å². The van der Waals surface area contributed by atoms with Gasteiger partial charge in [0, 0.05) is 5.92 Å². The van der Waals surface area contributed by atoms with Crippen LogP contribution in [0.15, 0.2) is 60.7 Å². The summed E-state index contributed by atoms with van der Waals surface area (Å²) in [5.41, 5.74) is 2.16. The lowest BCUT2D eigenvalue weighted by molar-refractivity contribution is -0.166. The van der Waals surface area contributed by atoms with Gasteiger partial charge in [0.2, 0.25) is 0 Å². The summed E-state index contributed by atoms with van der Waals surface area (Å²) in [6.45, 7) is 5.80. The average molecular weight is 322 g/mol. The predicted octanol–water partition coefficient (Wildman–Crippen LogP) is 4.99. The Bertz CT molecular complexity index is 670. The van der Waals surface area contributed by atoms with Crippen molar-refractivity contribution in [3.63, 3.8) is 0 Å². The quantitative estimate of drug-likeness (QED) is 0.741. The van der Waals surface area contributed by atoms with E-state index < -0.39 is 5.60 Å². The molecule has 0 aliphatic heterocycles. The maximum atomic E-state index is 12.6. The molecule has 2 nitrogen and oxygen atoms in total. The molecule has 0 bridgehead atoms. The Labute approximate surface area is 144 Å². The van der Waals surface area contributed by atoms with E-state index in [1.54, 1.807) is 0 Å². The lowest BCUT2D eigenvalue weighted by Gasteiger charge is -2.44. The summed E-state index contributed by atoms with van der Waals surface area (Å²) in [6, 6.07) is 21.0. The summed E-state index contributed by atoms with van der Waals surface area (Å²) in [4.78, 5) is 12.6. The van der Waals surface area contributed by atoms with E-state index in [0.29, 0.717) is 5.92 Å². The number of ether oxygens (including phenoxy) is 1. The van der Waals surface area contributed by atoms with Gasteiger partial charge in [-0.15, -0.1) is 0 Å². The Hall–Kier alpha value is -2.09. The average Bonchev–Trinajstić information content (AvgIpc) is 2.51. The standard InChI is InChI=1S/C22H26O2/c1-22(2,3)24-21(23)19-15-18(14-16-10-6-4-7-11-16)20(19)17-12-8-5-9-13-17/h4-13,18-20H,14-15H2,1-3H3/t18-,19+,20+/m0/s1. The van der Waals surface area contributed by atoms with Crippen LogP contribution in [-0.4, -0.2) is 11.6 Å². The minimum atomic E-state index is -0.428. The first-order valence-electron chi connectivity index (χ1n) is 8.76. The fourth-order valence-corrected chi connectivity index (χ4v) is 3.68. The summed E-state index contributed by atoms with van der Waals surface area (Å²) in [5, 5.41) is 0. The van der Waals surface area contributed by atoms with E-state index in [9.17, 15) is 4.79 Å². The first-order chi connectivity index (χ1) is 11.4. The number of rotatable bonds is 4. The van der Waals surface area contributed by atoms with Gasteiger partial charge in [-0.05, 0) is 50.7 Å². The molecule has 0 N–H and O–H groups in total. The van der Waals surface area contributed by atoms with Crippen molar-refractivity contribution in [3.8, 4) is 0 Å². The van der Waals surface area contributed by atoms with Crippen molar-refractivity contribution in [3.05, 3.63) is 71.8 Å². The highest BCUT2D eigenvalue weighted by Crippen LogP contribution is 2.50. The van der Waals surface area contributed by atoms with Gasteiger partial charge in [-0.25, -0.2) is 0 Å². The third-order valence-corrected chi connectivity index (χ3v) is 4.73. The normalized spacial score (nSPS) is 23.4. The molecule has 2 aromatic rings. The first kappa shape index (κ1) is 16.8. The minimum Gasteiger partial charge on any atom is -0.460 e. The van der Waals surface area contributed by atoms with Gasteiger partial charge in [0.1, 0.15) is 5.60 Å². The minimum absolute atomic E-state index is 0.0275. The highest BCUT2D eigenvalue weighted by Gasteiger charge is 2.47. The van der Waals surface area contributed by atoms with Crippen LogP contribution in [0, 0.1) is 11.8 Å². The molecule has 2 heteroatoms. The van der Waals surface area contributed by atoms with E-state index in [1.165, 1.54) is 11.1 Å². The van der Waals surface area contributed by atoms with Crippen molar-refractivity contribution in [2.45, 2.75) is 45.1 Å². The molecule has 0 radical (unpaired) electrons. The van der Waals surface area contributed by atoms with Crippen LogP contribution in [0.3, 0.4) is 0 Å². The Morgan fingerprint density at radius 2 is 1.58 bits per heavy atom. The molecule has 0 aromatic heterocycles. The SMILES string of the molecule is CC(C)(C)OC(=O)[C@@H]1C[C@H](Cc2ccccc2)[C@H]1c1ccccc1. The number of carbonyl (C=O) groups is 1. The number of benzene rings is 2. The van der Waals surface area contributed by atoms with Gasteiger partial charge in [-0.1, -0.05) is 60.7 Å². The van der Waals surface area contributed by atoms with Crippen molar-refractivity contribution in [2.75, 3.05) is 0 Å². The summed E-state index contributed by atoms with van der Waals surface area (Å²) in [7, 11) is 0. The van der Waals surface area contributed by atoms with Crippen molar-refractivity contribution in [1.29, 1.82) is 0 Å². The molecule has 24 heavy (non-hydrogen) atoms. The van der Waals surface area contributed by atoms with Crippen LogP contribution in [0.5, 0.6) is 0 Å². The number of hydrogen-bond donors (Lipinski definition) is 0. The molecule has 1 aliphatic rings. The molecule has 0 heterocycles. The molecule has 0 unspecified atom stereocenters. The second-order valence-corrected chi connectivity index (χ2v) is 7.76. The molecule has 3 rings (SSSR count). The molecular formula is C22H26O2. The van der Waals surface area contributed by atoms with Gasteiger partial charge >= 0.3 is 5.97 Å². The van der Waals surface area contributed by atoms with Crippen LogP contribution < -0.4 is 0 Å². The van der Waals surface area contributed by atoms with Crippen LogP contribution in [-0.2, 0) is 16.0 Å². The van der Waals surface area contributed by atoms with Gasteiger partial charge in [0.25, 0.3) is 0 Å². The highest BCUT2D eigenvalue weighted by atomic mass is 16.6. The van der Waals surface area contributed by atoms with Crippen LogP contribution in [0.1, 0.15) is 44.2 Å². The van der Waals surface area contributed by atoms with Gasteiger partial charge < -0.3 is 4.74 Å². The van der Waals surface area contributed by atoms with E-state index in [1.807, 2.05) is 32.9 Å². The van der Waals surface area contributed by atoms with Crippen LogP contribution >= 0.6 is 0 Å². The molecular weight excluding hydrogens is 296 g/mol. The highest BCUT2D eigenvalue weighted by molar-refractivity contribution is 5.75. The lowest BCUT2D eigenvalue weighted by Crippen LogP contribution is -2.43. The summed E-state index contributed by atoms with van der Waals surface area (Å²) in [6.07, 6.45) is 1.92. The largest absolute Gasteiger partial charge is 0.460 e. The number of esters is 1. The maximum Gasteiger partial charge on any atom is 0.310 e. The Kier molecular flexibility index (Phi) is 4.75. The zero-order valence-electron chi connectivity index (χ0n) is 14.7. The van der Waals surface area contributed by atoms with Crippen molar-refractivity contribution in [1.82, 2.24) is 0 Å². The summed E-state index contributed by atoms with van der Waals surface area (Å²) < 4.78 is 5.65. The lowest BCUT2D eigenvalue weighted by atomic mass is 9.60. The maximum absolute atomic E-state index is 12.6. The van der Waals surface area contributed by atoms with Crippen molar-refractivity contribution < 1.29 is 9.53 Å². The zero-order chi connectivity index (χ0) is 17.2. The molecule has 1 aliphatic carbocycles. The topological polar surface area (TPSA) is 26.3 Å². The van der Waals surface area contributed by atoms with Gasteiger partial charge in [-0.3, -0.25) is 4.79 Å². The second kappa shape index (κ2) is 6.80. The smallest absolute Gasteiger partial charge is 0.310 e. The molecule has 1 saturated carbocycles. The summed E-state index contributed by atoms with van der Waals surface area (Å²) >= 11 is 0. The third-order valence-electron chi connectivity index (χ3n) is 4.73. The van der Waals surface area contributed by atoms with Gasteiger partial charge in [0.15, 0.2) is 0 Å². The fourth-order valence-electron chi connectivity index (χ4n) is 3.68. The zero-order valence-corrected chi connectivity index (χ0v) is 14.7. The van der Waals surface area contributed by atoms with Gasteiger partial charge in [-0.2, -0.15) is 0 Å². The predicted molar refractivity (Wildman–Crippen MR) is 96.8 cm³/mol. The van der Waals surface area contributed by atoms with E-state index in [4.69, 9.17) is 4.74 Å². The third kappa shape index (κ3) is 3.87. The molecule has 3 atom stereocenters. The second-order valence-electron chi connectivity index (χ2n) is 7.76. The van der Waals surface area contributed by atoms with Crippen LogP contribution in [0.25, 0.3) is 0 Å². The van der Waals surface area contributed by atoms with E-state index in [0.717, 1.165) is 12.8 Å². The van der Waals surface area contributed by atoms with Gasteiger partial charge in [0.05, 0.1) is 5.92 Å². The van der Waals surface area contributed by atoms with Crippen LogP contribution in [0.2, 0.25) is 0 Å². The molecule has 126 valence electrons. The monoisotopic (exact) mass is 322 g/mol. The number of hydrogen-bond acceptors (Lipinski definition) is 2. The van der Waals surface area contributed by atoms with E-state index >= 15 is 0 Å². The van der Waals surface area contributed by atoms with Crippen molar-refractivity contribution in [2.24, 2.45) is 11.8 Å². The first-order valence-corrected chi connectivity index (χ1v) is 8.76. The van der Waals surface area contributed by atoms with Crippen LogP contribution in [0.4, 0.5) is 0 Å². The Balaban J connectivity index is 1.78. The Morgan fingerprint density at radius 3 is 2.17 bits per heavy atom. The Morgan fingerprint density at radius 1 is 1.00 bits per heavy atom. The molecule has 0 amide bonds. The molecule has 0 spiro atoms. The van der Waals surface area contributed by atoms with Crippen molar-refractivity contribution >= 4 is 5.97 Å². The van der Waals surface area contributed by atoms with E-state index in [2.05, 4.69) is 48.5 Å².